The fourth-order valence-corrected chi connectivity index (χ4v) is 2.38. The van der Waals surface area contributed by atoms with Crippen LogP contribution >= 0.6 is 0 Å². The lowest BCUT2D eigenvalue weighted by molar-refractivity contribution is 0.200. The first kappa shape index (κ1) is 13.2. The SMILES string of the molecule is COc1cc(C(C)CO)ccc1OC1CCCC1. The lowest BCUT2D eigenvalue weighted by atomic mass is 10.0. The number of methoxy groups -OCH3 is 1. The zero-order valence-corrected chi connectivity index (χ0v) is 11.2. The zero-order chi connectivity index (χ0) is 13.0. The third-order valence-electron chi connectivity index (χ3n) is 3.63. The van der Waals surface area contributed by atoms with E-state index < -0.39 is 0 Å². The van der Waals surface area contributed by atoms with E-state index in [0.717, 1.165) is 29.9 Å². The van der Waals surface area contributed by atoms with E-state index in [1.165, 1.54) is 12.8 Å². The monoisotopic (exact) mass is 250 g/mol. The summed E-state index contributed by atoms with van der Waals surface area (Å²) < 4.78 is 11.4. The van der Waals surface area contributed by atoms with Crippen molar-refractivity contribution in [1.82, 2.24) is 0 Å². The quantitative estimate of drug-likeness (QED) is 0.872. The summed E-state index contributed by atoms with van der Waals surface area (Å²) >= 11 is 0. The summed E-state index contributed by atoms with van der Waals surface area (Å²) in [5, 5.41) is 9.18. The summed E-state index contributed by atoms with van der Waals surface area (Å²) in [6.45, 7) is 2.14. The van der Waals surface area contributed by atoms with E-state index in [1.807, 2.05) is 25.1 Å². The molecule has 0 saturated heterocycles. The summed E-state index contributed by atoms with van der Waals surface area (Å²) in [5.41, 5.74) is 1.08. The Morgan fingerprint density at radius 2 is 2.00 bits per heavy atom. The van der Waals surface area contributed by atoms with Crippen LogP contribution in [0.2, 0.25) is 0 Å². The first-order valence-electron chi connectivity index (χ1n) is 6.70. The molecule has 0 heterocycles. The Morgan fingerprint density at radius 1 is 1.28 bits per heavy atom. The summed E-state index contributed by atoms with van der Waals surface area (Å²) in [6, 6.07) is 5.93. The van der Waals surface area contributed by atoms with E-state index in [1.54, 1.807) is 7.11 Å². The minimum Gasteiger partial charge on any atom is -0.493 e. The maximum Gasteiger partial charge on any atom is 0.161 e. The second-order valence-electron chi connectivity index (χ2n) is 5.02. The van der Waals surface area contributed by atoms with Crippen molar-refractivity contribution in [3.63, 3.8) is 0 Å². The van der Waals surface area contributed by atoms with E-state index in [9.17, 15) is 5.11 Å². The van der Waals surface area contributed by atoms with Gasteiger partial charge in [0, 0.05) is 12.5 Å². The van der Waals surface area contributed by atoms with Gasteiger partial charge in [-0.3, -0.25) is 0 Å². The topological polar surface area (TPSA) is 38.7 Å². The number of benzene rings is 1. The van der Waals surface area contributed by atoms with Crippen LogP contribution in [0.5, 0.6) is 11.5 Å². The van der Waals surface area contributed by atoms with Gasteiger partial charge in [0.2, 0.25) is 0 Å². The highest BCUT2D eigenvalue weighted by molar-refractivity contribution is 5.44. The average molecular weight is 250 g/mol. The molecule has 1 saturated carbocycles. The molecular formula is C15H22O3. The van der Waals surface area contributed by atoms with Crippen molar-refractivity contribution in [2.45, 2.75) is 44.6 Å². The summed E-state index contributed by atoms with van der Waals surface area (Å²) in [7, 11) is 1.66. The third kappa shape index (κ3) is 2.96. The number of hydrogen-bond donors (Lipinski definition) is 1. The number of hydrogen-bond acceptors (Lipinski definition) is 3. The molecule has 1 fully saturated rings. The molecule has 18 heavy (non-hydrogen) atoms. The smallest absolute Gasteiger partial charge is 0.161 e. The molecule has 1 aromatic carbocycles. The van der Waals surface area contributed by atoms with Crippen LogP contribution in [0, 0.1) is 0 Å². The van der Waals surface area contributed by atoms with Gasteiger partial charge in [0.05, 0.1) is 13.2 Å². The first-order valence-corrected chi connectivity index (χ1v) is 6.70. The standard InChI is InChI=1S/C15H22O3/c1-11(10-16)12-7-8-14(15(9-12)17-2)18-13-5-3-4-6-13/h7-9,11,13,16H,3-6,10H2,1-2H3. The molecule has 1 atom stereocenters. The van der Waals surface area contributed by atoms with Crippen molar-refractivity contribution in [3.05, 3.63) is 23.8 Å². The number of aliphatic hydroxyl groups excluding tert-OH is 1. The molecule has 0 radical (unpaired) electrons. The van der Waals surface area contributed by atoms with Crippen molar-refractivity contribution < 1.29 is 14.6 Å². The molecule has 0 aromatic heterocycles. The lowest BCUT2D eigenvalue weighted by Gasteiger charge is -2.17. The van der Waals surface area contributed by atoms with Crippen molar-refractivity contribution in [1.29, 1.82) is 0 Å². The number of aliphatic hydroxyl groups is 1. The molecule has 1 N–H and O–H groups in total. The third-order valence-corrected chi connectivity index (χ3v) is 3.63. The van der Waals surface area contributed by atoms with Crippen LogP contribution in [0.4, 0.5) is 0 Å². The van der Waals surface area contributed by atoms with Gasteiger partial charge in [0.15, 0.2) is 11.5 Å². The highest BCUT2D eigenvalue weighted by Gasteiger charge is 2.18. The van der Waals surface area contributed by atoms with Crippen LogP contribution < -0.4 is 9.47 Å². The second kappa shape index (κ2) is 6.10. The fraction of sp³-hybridized carbons (Fsp3) is 0.600. The van der Waals surface area contributed by atoms with Crippen LogP contribution in [0.1, 0.15) is 44.1 Å². The Balaban J connectivity index is 2.14. The maximum absolute atomic E-state index is 9.18. The summed E-state index contributed by atoms with van der Waals surface area (Å²) in [6.07, 6.45) is 5.12. The van der Waals surface area contributed by atoms with Crippen LogP contribution in [0.3, 0.4) is 0 Å². The molecule has 1 aliphatic rings. The van der Waals surface area contributed by atoms with Gasteiger partial charge in [0.1, 0.15) is 0 Å². The molecule has 1 aromatic rings. The molecule has 0 spiro atoms. The van der Waals surface area contributed by atoms with Gasteiger partial charge in [-0.2, -0.15) is 0 Å². The molecule has 3 nitrogen and oxygen atoms in total. The van der Waals surface area contributed by atoms with Gasteiger partial charge < -0.3 is 14.6 Å². The summed E-state index contributed by atoms with van der Waals surface area (Å²) in [4.78, 5) is 0. The van der Waals surface area contributed by atoms with E-state index >= 15 is 0 Å². The average Bonchev–Trinajstić information content (AvgIpc) is 2.91. The highest BCUT2D eigenvalue weighted by Crippen LogP contribution is 2.33. The van der Waals surface area contributed by atoms with Gasteiger partial charge in [-0.25, -0.2) is 0 Å². The predicted octanol–water partition coefficient (Wildman–Crippen LogP) is 3.11. The minimum absolute atomic E-state index is 0.124. The summed E-state index contributed by atoms with van der Waals surface area (Å²) in [5.74, 6) is 1.71. The van der Waals surface area contributed by atoms with Crippen molar-refractivity contribution in [2.75, 3.05) is 13.7 Å². The fourth-order valence-electron chi connectivity index (χ4n) is 2.38. The van der Waals surface area contributed by atoms with Gasteiger partial charge in [-0.1, -0.05) is 13.0 Å². The largest absolute Gasteiger partial charge is 0.493 e. The molecule has 0 aliphatic heterocycles. The van der Waals surface area contributed by atoms with Gasteiger partial charge in [-0.15, -0.1) is 0 Å². The van der Waals surface area contributed by atoms with E-state index in [2.05, 4.69) is 0 Å². The molecule has 0 bridgehead atoms. The second-order valence-corrected chi connectivity index (χ2v) is 5.02. The highest BCUT2D eigenvalue weighted by atomic mass is 16.5. The van der Waals surface area contributed by atoms with Gasteiger partial charge >= 0.3 is 0 Å². The minimum atomic E-state index is 0.124. The molecule has 1 aliphatic carbocycles. The zero-order valence-electron chi connectivity index (χ0n) is 11.2. The van der Waals surface area contributed by atoms with Crippen molar-refractivity contribution >= 4 is 0 Å². The van der Waals surface area contributed by atoms with E-state index in [-0.39, 0.29) is 12.5 Å². The Kier molecular flexibility index (Phi) is 4.48. The van der Waals surface area contributed by atoms with Crippen LogP contribution in [-0.4, -0.2) is 24.9 Å². The van der Waals surface area contributed by atoms with Gasteiger partial charge in [-0.05, 0) is 43.4 Å². The predicted molar refractivity (Wildman–Crippen MR) is 71.4 cm³/mol. The Morgan fingerprint density at radius 3 is 2.61 bits per heavy atom. The molecule has 100 valence electrons. The lowest BCUT2D eigenvalue weighted by Crippen LogP contribution is -2.11. The normalized spacial score (nSPS) is 17.7. The first-order chi connectivity index (χ1) is 8.74. The van der Waals surface area contributed by atoms with Crippen molar-refractivity contribution in [2.24, 2.45) is 0 Å². The molecule has 1 unspecified atom stereocenters. The molecule has 0 amide bonds. The number of rotatable bonds is 5. The Bertz CT molecular complexity index is 383. The van der Waals surface area contributed by atoms with Crippen molar-refractivity contribution in [3.8, 4) is 11.5 Å². The maximum atomic E-state index is 9.18. The molecule has 2 rings (SSSR count). The van der Waals surface area contributed by atoms with Crippen LogP contribution in [0.25, 0.3) is 0 Å². The van der Waals surface area contributed by atoms with Gasteiger partial charge in [0.25, 0.3) is 0 Å². The number of ether oxygens (including phenoxy) is 2. The Labute approximate surface area is 109 Å². The van der Waals surface area contributed by atoms with Crippen LogP contribution in [0.15, 0.2) is 18.2 Å². The molecule has 3 heteroatoms. The van der Waals surface area contributed by atoms with Crippen LogP contribution in [-0.2, 0) is 0 Å². The molecular weight excluding hydrogens is 228 g/mol. The van der Waals surface area contributed by atoms with E-state index in [0.29, 0.717) is 6.10 Å². The Hall–Kier alpha value is -1.22. The van der Waals surface area contributed by atoms with E-state index in [4.69, 9.17) is 9.47 Å².